The van der Waals surface area contributed by atoms with Crippen molar-refractivity contribution in [3.8, 4) is 5.75 Å². The van der Waals surface area contributed by atoms with E-state index in [9.17, 15) is 4.79 Å². The summed E-state index contributed by atoms with van der Waals surface area (Å²) in [6.07, 6.45) is 2.37. The number of hydrogen-bond acceptors (Lipinski definition) is 6. The molecule has 35 heavy (non-hydrogen) atoms. The van der Waals surface area contributed by atoms with Crippen LogP contribution in [0, 0.1) is 12.8 Å². The van der Waals surface area contributed by atoms with Crippen molar-refractivity contribution in [1.29, 1.82) is 0 Å². The van der Waals surface area contributed by atoms with Gasteiger partial charge in [0.2, 0.25) is 11.1 Å². The Kier molecular flexibility index (Phi) is 8.00. The van der Waals surface area contributed by atoms with Crippen LogP contribution in [0.25, 0.3) is 0 Å². The van der Waals surface area contributed by atoms with Crippen LogP contribution >= 0.6 is 11.8 Å². The van der Waals surface area contributed by atoms with Gasteiger partial charge in [-0.15, -0.1) is 10.2 Å². The van der Waals surface area contributed by atoms with Gasteiger partial charge in [0.1, 0.15) is 12.4 Å². The maximum absolute atomic E-state index is 13.2. The highest BCUT2D eigenvalue weighted by atomic mass is 32.2. The fourth-order valence-electron chi connectivity index (χ4n) is 4.17. The lowest BCUT2D eigenvalue weighted by Gasteiger charge is -2.29. The van der Waals surface area contributed by atoms with Gasteiger partial charge in [-0.25, -0.2) is 4.68 Å². The topological polar surface area (TPSA) is 86.3 Å². The van der Waals surface area contributed by atoms with Crippen molar-refractivity contribution in [2.24, 2.45) is 5.92 Å². The monoisotopic (exact) mass is 493 g/mol. The number of benzene rings is 2. The predicted octanol–water partition coefficient (Wildman–Crippen LogP) is 4.92. The molecule has 2 aromatic carbocycles. The quantitative estimate of drug-likeness (QED) is 0.301. The molecule has 1 fully saturated rings. The normalized spacial score (nSPS) is 14.2. The lowest BCUT2D eigenvalue weighted by Crippen LogP contribution is -2.40. The van der Waals surface area contributed by atoms with Gasteiger partial charge in [-0.2, -0.15) is 0 Å². The fourth-order valence-corrected chi connectivity index (χ4v) is 4.93. The molecule has 7 nitrogen and oxygen atoms in total. The standard InChI is InChI=1S/C27H35N5O2S/c1-18(2)23-13-10-19(3)14-24(23)34-16-25-29-30-27(32(25)28)35-17-26(33)31(20(4)22-11-12-22)15-21-8-6-5-7-9-21/h5-10,13-14,18,20,22H,11-12,15-17,28H2,1-4H3. The van der Waals surface area contributed by atoms with E-state index in [1.165, 1.54) is 29.3 Å². The van der Waals surface area contributed by atoms with Crippen LogP contribution in [0.15, 0.2) is 53.7 Å². The third-order valence-electron chi connectivity index (χ3n) is 6.52. The summed E-state index contributed by atoms with van der Waals surface area (Å²) in [6.45, 7) is 9.29. The van der Waals surface area contributed by atoms with Gasteiger partial charge in [0.25, 0.3) is 0 Å². The number of amides is 1. The second-order valence-corrected chi connectivity index (χ2v) is 10.6. The lowest BCUT2D eigenvalue weighted by atomic mass is 10.0. The Morgan fingerprint density at radius 3 is 2.60 bits per heavy atom. The number of thioether (sulfide) groups is 1. The molecule has 1 atom stereocenters. The first-order chi connectivity index (χ1) is 16.8. The van der Waals surface area contributed by atoms with E-state index in [1.54, 1.807) is 0 Å². The highest BCUT2D eigenvalue weighted by Crippen LogP contribution is 2.36. The number of aromatic nitrogens is 3. The minimum absolute atomic E-state index is 0.0837. The smallest absolute Gasteiger partial charge is 0.233 e. The first-order valence-corrected chi connectivity index (χ1v) is 13.2. The van der Waals surface area contributed by atoms with Crippen molar-refractivity contribution in [2.45, 2.75) is 70.8 Å². The molecular formula is C27H35N5O2S. The Hall–Kier alpha value is -3.00. The number of carbonyl (C=O) groups is 1. The van der Waals surface area contributed by atoms with Crippen LogP contribution in [-0.2, 0) is 17.9 Å². The van der Waals surface area contributed by atoms with Crippen LogP contribution < -0.4 is 10.6 Å². The largest absolute Gasteiger partial charge is 0.485 e. The zero-order valence-electron chi connectivity index (χ0n) is 21.0. The molecule has 3 aromatic rings. The Balaban J connectivity index is 1.39. The zero-order chi connectivity index (χ0) is 24.9. The maximum atomic E-state index is 13.2. The van der Waals surface area contributed by atoms with Gasteiger partial charge in [0, 0.05) is 12.6 Å². The number of rotatable bonds is 11. The number of carbonyl (C=O) groups excluding carboxylic acids is 1. The van der Waals surface area contributed by atoms with Gasteiger partial charge in [-0.05, 0) is 61.3 Å². The van der Waals surface area contributed by atoms with Gasteiger partial charge in [-0.1, -0.05) is 68.1 Å². The number of aryl methyl sites for hydroxylation is 1. The minimum Gasteiger partial charge on any atom is -0.485 e. The Labute approximate surface area is 212 Å². The van der Waals surface area contributed by atoms with E-state index in [0.717, 1.165) is 22.4 Å². The lowest BCUT2D eigenvalue weighted by molar-refractivity contribution is -0.131. The van der Waals surface area contributed by atoms with Gasteiger partial charge >= 0.3 is 0 Å². The molecule has 2 N–H and O–H groups in total. The van der Waals surface area contributed by atoms with Crippen molar-refractivity contribution >= 4 is 17.7 Å². The van der Waals surface area contributed by atoms with Gasteiger partial charge in [0.05, 0.1) is 5.75 Å². The van der Waals surface area contributed by atoms with Crippen molar-refractivity contribution in [2.75, 3.05) is 11.6 Å². The summed E-state index contributed by atoms with van der Waals surface area (Å²) in [5, 5.41) is 8.92. The predicted molar refractivity (Wildman–Crippen MR) is 140 cm³/mol. The number of hydrogen-bond donors (Lipinski definition) is 1. The SMILES string of the molecule is Cc1ccc(C(C)C)c(OCc2nnc(SCC(=O)N(Cc3ccccc3)C(C)C3CC3)n2N)c1. The molecule has 8 heteroatoms. The molecule has 1 unspecified atom stereocenters. The van der Waals surface area contributed by atoms with Crippen LogP contribution in [0.5, 0.6) is 5.75 Å². The highest BCUT2D eigenvalue weighted by Gasteiger charge is 2.34. The van der Waals surface area contributed by atoms with Gasteiger partial charge in [-0.3, -0.25) is 4.79 Å². The van der Waals surface area contributed by atoms with Gasteiger partial charge < -0.3 is 15.5 Å². The molecule has 0 aliphatic heterocycles. The third kappa shape index (κ3) is 6.36. The molecule has 1 aliphatic rings. The third-order valence-corrected chi connectivity index (χ3v) is 7.45. The number of nitrogens with two attached hydrogens (primary N) is 1. The number of nitrogen functional groups attached to an aromatic ring is 1. The van der Waals surface area contributed by atoms with E-state index < -0.39 is 0 Å². The molecule has 0 bridgehead atoms. The molecule has 1 amide bonds. The van der Waals surface area contributed by atoms with Crippen molar-refractivity contribution < 1.29 is 9.53 Å². The van der Waals surface area contributed by atoms with Crippen LogP contribution in [-0.4, -0.2) is 37.5 Å². The fraction of sp³-hybridized carbons (Fsp3) is 0.444. The summed E-state index contributed by atoms with van der Waals surface area (Å²) < 4.78 is 7.49. The molecular weight excluding hydrogens is 458 g/mol. The minimum atomic E-state index is 0.0837. The summed E-state index contributed by atoms with van der Waals surface area (Å²) in [7, 11) is 0. The van der Waals surface area contributed by atoms with Crippen molar-refractivity contribution in [1.82, 2.24) is 19.8 Å². The summed E-state index contributed by atoms with van der Waals surface area (Å²) >= 11 is 1.31. The molecule has 1 aromatic heterocycles. The number of ether oxygens (including phenoxy) is 1. The summed E-state index contributed by atoms with van der Waals surface area (Å²) in [5.41, 5.74) is 3.41. The van der Waals surface area contributed by atoms with E-state index in [0.29, 0.717) is 29.4 Å². The molecule has 0 spiro atoms. The zero-order valence-corrected chi connectivity index (χ0v) is 21.8. The van der Waals surface area contributed by atoms with Crippen LogP contribution in [0.4, 0.5) is 0 Å². The Bertz CT molecular complexity index is 1140. The van der Waals surface area contributed by atoms with E-state index >= 15 is 0 Å². The molecule has 1 heterocycles. The first-order valence-electron chi connectivity index (χ1n) is 12.2. The van der Waals surface area contributed by atoms with Crippen LogP contribution in [0.1, 0.15) is 62.0 Å². The van der Waals surface area contributed by atoms with Crippen molar-refractivity contribution in [3.63, 3.8) is 0 Å². The average Bonchev–Trinajstić information content (AvgIpc) is 3.64. The molecule has 186 valence electrons. The van der Waals surface area contributed by atoms with E-state index in [1.807, 2.05) is 36.1 Å². The van der Waals surface area contributed by atoms with Crippen LogP contribution in [0.2, 0.25) is 0 Å². The second kappa shape index (κ2) is 11.2. The summed E-state index contributed by atoms with van der Waals surface area (Å²) in [6, 6.07) is 16.6. The molecule has 0 radical (unpaired) electrons. The van der Waals surface area contributed by atoms with Crippen LogP contribution in [0.3, 0.4) is 0 Å². The van der Waals surface area contributed by atoms with E-state index in [4.69, 9.17) is 10.6 Å². The number of nitrogens with zero attached hydrogens (tertiary/aromatic N) is 4. The van der Waals surface area contributed by atoms with Gasteiger partial charge in [0.15, 0.2) is 5.82 Å². The Morgan fingerprint density at radius 1 is 1.17 bits per heavy atom. The highest BCUT2D eigenvalue weighted by molar-refractivity contribution is 7.99. The Morgan fingerprint density at radius 2 is 1.91 bits per heavy atom. The molecule has 1 saturated carbocycles. The second-order valence-electron chi connectivity index (χ2n) is 9.63. The first kappa shape index (κ1) is 25.1. The molecule has 0 saturated heterocycles. The van der Waals surface area contributed by atoms with E-state index in [-0.39, 0.29) is 24.3 Å². The molecule has 1 aliphatic carbocycles. The van der Waals surface area contributed by atoms with E-state index in [2.05, 4.69) is 55.2 Å². The average molecular weight is 494 g/mol. The summed E-state index contributed by atoms with van der Waals surface area (Å²) in [5.74, 6) is 8.89. The summed E-state index contributed by atoms with van der Waals surface area (Å²) in [4.78, 5) is 15.2. The van der Waals surface area contributed by atoms with Crippen molar-refractivity contribution in [3.05, 3.63) is 71.0 Å². The molecule has 4 rings (SSSR count). The maximum Gasteiger partial charge on any atom is 0.233 e.